The number of ketones is 1. The Morgan fingerprint density at radius 3 is 2.27 bits per heavy atom. The predicted molar refractivity (Wildman–Crippen MR) is 115 cm³/mol. The van der Waals surface area contributed by atoms with Crippen molar-refractivity contribution in [3.8, 4) is 17.6 Å². The molecule has 0 aliphatic rings. The van der Waals surface area contributed by atoms with Crippen molar-refractivity contribution in [2.75, 3.05) is 14.1 Å². The summed E-state index contributed by atoms with van der Waals surface area (Å²) in [6.45, 7) is 0.343. The summed E-state index contributed by atoms with van der Waals surface area (Å²) in [7, 11) is 3.59. The van der Waals surface area contributed by atoms with Crippen LogP contribution in [0.1, 0.15) is 21.5 Å². The van der Waals surface area contributed by atoms with Crippen LogP contribution in [0.4, 0.5) is 0 Å². The van der Waals surface area contributed by atoms with Crippen molar-refractivity contribution in [3.05, 3.63) is 108 Å². The molecular weight excluding hydrogens is 376 g/mol. The van der Waals surface area contributed by atoms with E-state index in [1.54, 1.807) is 67.7 Å². The van der Waals surface area contributed by atoms with Gasteiger partial charge in [-0.25, -0.2) is 0 Å². The largest absolute Gasteiger partial charge is 0.488 e. The lowest BCUT2D eigenvalue weighted by molar-refractivity contribution is 0.0978. The van der Waals surface area contributed by atoms with Gasteiger partial charge in [0, 0.05) is 20.3 Å². The lowest BCUT2D eigenvalue weighted by Crippen LogP contribution is -2.16. The van der Waals surface area contributed by atoms with E-state index in [2.05, 4.69) is 6.07 Å². The van der Waals surface area contributed by atoms with Crippen molar-refractivity contribution in [1.82, 2.24) is 4.90 Å². The molecule has 0 spiro atoms. The number of para-hydroxylation sites is 2. The van der Waals surface area contributed by atoms with Gasteiger partial charge in [-0.05, 0) is 29.8 Å². The lowest BCUT2D eigenvalue weighted by Gasteiger charge is -2.16. The molecule has 0 amide bonds. The van der Waals surface area contributed by atoms with E-state index >= 15 is 0 Å². The number of allylic oxidation sites excluding steroid dienone is 1. The summed E-state index contributed by atoms with van der Waals surface area (Å²) >= 11 is 0. The highest BCUT2D eigenvalue weighted by Gasteiger charge is 2.20. The molecule has 5 nitrogen and oxygen atoms in total. The highest BCUT2D eigenvalue weighted by molar-refractivity contribution is 6.09. The second-order valence-electron chi connectivity index (χ2n) is 6.77. The average molecular weight is 398 g/mol. The third kappa shape index (κ3) is 5.27. The molecule has 0 aliphatic heterocycles. The first-order chi connectivity index (χ1) is 14.6. The zero-order valence-electron chi connectivity index (χ0n) is 16.9. The number of nitriles is 1. The van der Waals surface area contributed by atoms with Crippen molar-refractivity contribution >= 4 is 5.78 Å². The normalized spacial score (nSPS) is 10.8. The number of hydrogen-bond donors (Lipinski definition) is 0. The molecule has 3 rings (SSSR count). The van der Waals surface area contributed by atoms with E-state index in [0.29, 0.717) is 29.2 Å². The van der Waals surface area contributed by atoms with E-state index in [4.69, 9.17) is 9.47 Å². The van der Waals surface area contributed by atoms with Crippen LogP contribution in [0.15, 0.2) is 90.8 Å². The predicted octanol–water partition coefficient (Wildman–Crippen LogP) is 4.80. The van der Waals surface area contributed by atoms with Crippen LogP contribution in [-0.2, 0) is 6.61 Å². The smallest absolute Gasteiger partial charge is 0.233 e. The molecule has 0 atom stereocenters. The van der Waals surface area contributed by atoms with E-state index < -0.39 is 0 Å². The molecule has 0 aliphatic carbocycles. The highest BCUT2D eigenvalue weighted by atomic mass is 16.5. The SMILES string of the molecule is CN(C)/C=C(/Oc1ccccc1C#N)C(=O)c1ccccc1OCc1ccccc1. The Bertz CT molecular complexity index is 1080. The first kappa shape index (κ1) is 20.7. The fraction of sp³-hybridized carbons (Fsp3) is 0.120. The summed E-state index contributed by atoms with van der Waals surface area (Å²) in [5.74, 6) is 0.552. The van der Waals surface area contributed by atoms with Crippen molar-refractivity contribution in [1.29, 1.82) is 5.26 Å². The van der Waals surface area contributed by atoms with Gasteiger partial charge in [0.05, 0.1) is 11.1 Å². The molecule has 0 heterocycles. The third-order valence-electron chi connectivity index (χ3n) is 4.20. The minimum atomic E-state index is -0.333. The van der Waals surface area contributed by atoms with Gasteiger partial charge >= 0.3 is 0 Å². The molecule has 0 radical (unpaired) electrons. The Balaban J connectivity index is 1.89. The van der Waals surface area contributed by atoms with Crippen LogP contribution >= 0.6 is 0 Å². The van der Waals surface area contributed by atoms with Crippen molar-refractivity contribution in [3.63, 3.8) is 0 Å². The molecule has 5 heteroatoms. The van der Waals surface area contributed by atoms with Gasteiger partial charge in [0.2, 0.25) is 5.78 Å². The molecular formula is C25H22N2O3. The third-order valence-corrected chi connectivity index (χ3v) is 4.20. The van der Waals surface area contributed by atoms with Crippen LogP contribution in [0, 0.1) is 11.3 Å². The van der Waals surface area contributed by atoms with Gasteiger partial charge in [0.1, 0.15) is 24.2 Å². The van der Waals surface area contributed by atoms with E-state index in [-0.39, 0.29) is 11.5 Å². The zero-order chi connectivity index (χ0) is 21.3. The van der Waals surface area contributed by atoms with Gasteiger partial charge in [0.25, 0.3) is 0 Å². The Hall–Kier alpha value is -4.04. The summed E-state index contributed by atoms with van der Waals surface area (Å²) < 4.78 is 11.8. The number of ether oxygens (including phenoxy) is 2. The summed E-state index contributed by atoms with van der Waals surface area (Å²) in [5, 5.41) is 9.33. The van der Waals surface area contributed by atoms with Crippen LogP contribution in [0.5, 0.6) is 11.5 Å². The Morgan fingerprint density at radius 1 is 0.933 bits per heavy atom. The van der Waals surface area contributed by atoms with Crippen LogP contribution in [0.2, 0.25) is 0 Å². The molecule has 3 aromatic carbocycles. The summed E-state index contributed by atoms with van der Waals surface area (Å²) in [6, 6.07) is 25.7. The highest BCUT2D eigenvalue weighted by Crippen LogP contribution is 2.26. The topological polar surface area (TPSA) is 62.6 Å². The summed E-state index contributed by atoms with van der Waals surface area (Å²) in [6.07, 6.45) is 1.59. The maximum Gasteiger partial charge on any atom is 0.233 e. The molecule has 0 bridgehead atoms. The maximum absolute atomic E-state index is 13.3. The molecule has 0 N–H and O–H groups in total. The van der Waals surface area contributed by atoms with Crippen LogP contribution < -0.4 is 9.47 Å². The molecule has 3 aromatic rings. The number of nitrogens with zero attached hydrogens (tertiary/aromatic N) is 2. The van der Waals surface area contributed by atoms with Gasteiger partial charge in [-0.1, -0.05) is 54.6 Å². The van der Waals surface area contributed by atoms with Gasteiger partial charge in [-0.3, -0.25) is 4.79 Å². The Kier molecular flexibility index (Phi) is 6.86. The Morgan fingerprint density at radius 2 is 1.57 bits per heavy atom. The molecule has 0 saturated heterocycles. The first-order valence-corrected chi connectivity index (χ1v) is 9.44. The van der Waals surface area contributed by atoms with Gasteiger partial charge < -0.3 is 14.4 Å². The van der Waals surface area contributed by atoms with Crippen molar-refractivity contribution in [2.24, 2.45) is 0 Å². The van der Waals surface area contributed by atoms with Crippen LogP contribution in [0.25, 0.3) is 0 Å². The van der Waals surface area contributed by atoms with E-state index in [0.717, 1.165) is 5.56 Å². The molecule has 0 aromatic heterocycles. The van der Waals surface area contributed by atoms with Gasteiger partial charge in [-0.15, -0.1) is 0 Å². The number of carbonyl (C=O) groups excluding carboxylic acids is 1. The van der Waals surface area contributed by atoms with Crippen molar-refractivity contribution in [2.45, 2.75) is 6.61 Å². The first-order valence-electron chi connectivity index (χ1n) is 9.44. The Labute approximate surface area is 176 Å². The van der Waals surface area contributed by atoms with E-state index in [9.17, 15) is 10.1 Å². The summed E-state index contributed by atoms with van der Waals surface area (Å²) in [5.41, 5.74) is 1.74. The van der Waals surface area contributed by atoms with Crippen molar-refractivity contribution < 1.29 is 14.3 Å². The second-order valence-corrected chi connectivity index (χ2v) is 6.77. The van der Waals surface area contributed by atoms with E-state index in [1.165, 1.54) is 0 Å². The summed E-state index contributed by atoms with van der Waals surface area (Å²) in [4.78, 5) is 15.1. The second kappa shape index (κ2) is 9.94. The van der Waals surface area contributed by atoms with Gasteiger partial charge in [0.15, 0.2) is 5.76 Å². The number of hydrogen-bond acceptors (Lipinski definition) is 5. The van der Waals surface area contributed by atoms with E-state index in [1.807, 2.05) is 36.4 Å². The van der Waals surface area contributed by atoms with Crippen LogP contribution in [0.3, 0.4) is 0 Å². The lowest BCUT2D eigenvalue weighted by atomic mass is 10.1. The average Bonchev–Trinajstić information content (AvgIpc) is 2.77. The molecule has 0 fully saturated rings. The van der Waals surface area contributed by atoms with Crippen LogP contribution in [-0.4, -0.2) is 24.8 Å². The molecule has 30 heavy (non-hydrogen) atoms. The number of rotatable bonds is 8. The quantitative estimate of drug-likeness (QED) is 0.310. The standard InChI is InChI=1S/C25H22N2O3/c1-27(2)17-24(30-22-14-8-6-12-20(22)16-26)25(28)21-13-7-9-15-23(21)29-18-19-10-4-3-5-11-19/h3-15,17H,18H2,1-2H3/b24-17+. The zero-order valence-corrected chi connectivity index (χ0v) is 16.9. The molecule has 150 valence electrons. The maximum atomic E-state index is 13.3. The monoisotopic (exact) mass is 398 g/mol. The fourth-order valence-electron chi connectivity index (χ4n) is 2.78. The van der Waals surface area contributed by atoms with Gasteiger partial charge in [-0.2, -0.15) is 5.26 Å². The minimum absolute atomic E-state index is 0.0958. The number of carbonyl (C=O) groups is 1. The minimum Gasteiger partial charge on any atom is -0.488 e. The molecule has 0 saturated carbocycles. The fourth-order valence-corrected chi connectivity index (χ4v) is 2.78. The molecule has 0 unspecified atom stereocenters. The number of Topliss-reactive ketones (excluding diaryl/α,β-unsaturated/α-hetero) is 1. The number of benzene rings is 3.